The molecule has 0 bridgehead atoms. The first kappa shape index (κ1) is 45.8. The number of hydrogen-bond donors (Lipinski definition) is 0. The summed E-state index contributed by atoms with van der Waals surface area (Å²) in [6, 6.07) is 28.9. The van der Waals surface area contributed by atoms with Gasteiger partial charge in [0.15, 0.2) is 0 Å². The van der Waals surface area contributed by atoms with Crippen LogP contribution in [0, 0.1) is 37.8 Å². The fourth-order valence-corrected chi connectivity index (χ4v) is 7.85. The Hall–Kier alpha value is -2.31. The van der Waals surface area contributed by atoms with E-state index in [0.29, 0.717) is 0 Å². The second kappa shape index (κ2) is 19.9. The molecule has 2 aliphatic rings. The molecule has 0 spiro atoms. The van der Waals surface area contributed by atoms with Gasteiger partial charge in [0.2, 0.25) is 0 Å². The normalized spacial score (nSPS) is 13.7. The molecule has 3 heteroatoms. The van der Waals surface area contributed by atoms with Crippen LogP contribution in [-0.4, -0.2) is 3.21 Å². The quantitative estimate of drug-likeness (QED) is 0.154. The van der Waals surface area contributed by atoms with Crippen LogP contribution in [0.5, 0.6) is 0 Å². The summed E-state index contributed by atoms with van der Waals surface area (Å²) in [6.07, 6.45) is 13.6. The van der Waals surface area contributed by atoms with Gasteiger partial charge in [-0.3, -0.25) is 6.08 Å². The molecular formula is C49H60Cl2Zr-2. The zero-order chi connectivity index (χ0) is 36.8. The fraction of sp³-hybridized carbons (Fsp3) is 0.408. The number of fused-ring (bicyclic) bond motifs is 3. The van der Waals surface area contributed by atoms with Gasteiger partial charge in [0.05, 0.1) is 0 Å². The average Bonchev–Trinajstić information content (AvgIpc) is 3.78. The number of hydrogen-bond acceptors (Lipinski definition) is 0. The topological polar surface area (TPSA) is 0 Å². The molecule has 0 heterocycles. The molecule has 52 heavy (non-hydrogen) atoms. The molecule has 0 nitrogen and oxygen atoms in total. The summed E-state index contributed by atoms with van der Waals surface area (Å²) in [5.74, 6) is 1.71. The van der Waals surface area contributed by atoms with Crippen LogP contribution in [0.15, 0.2) is 85.0 Å². The molecule has 2 atom stereocenters. The number of allylic oxidation sites excluding steroid dienone is 4. The summed E-state index contributed by atoms with van der Waals surface area (Å²) in [5, 5.41) is 0. The molecule has 0 fully saturated rings. The van der Waals surface area contributed by atoms with Crippen molar-refractivity contribution >= 4 is 3.21 Å². The molecule has 2 unspecified atom stereocenters. The number of aryl methyl sites for hydroxylation is 2. The maximum atomic E-state index is 3.93. The van der Waals surface area contributed by atoms with Gasteiger partial charge in [-0.1, -0.05) is 124 Å². The van der Waals surface area contributed by atoms with E-state index in [-0.39, 0.29) is 35.6 Å². The van der Waals surface area contributed by atoms with Crippen molar-refractivity contribution in [3.8, 4) is 33.4 Å². The minimum absolute atomic E-state index is 0. The van der Waals surface area contributed by atoms with Crippen molar-refractivity contribution < 1.29 is 49.0 Å². The Balaban J connectivity index is 0.000000462. The molecule has 0 N–H and O–H groups in total. The van der Waals surface area contributed by atoms with E-state index < -0.39 is 0 Å². The summed E-state index contributed by atoms with van der Waals surface area (Å²) in [5.41, 5.74) is 16.3. The number of benzene rings is 4. The van der Waals surface area contributed by atoms with E-state index >= 15 is 0 Å². The van der Waals surface area contributed by atoms with Crippen LogP contribution in [0.1, 0.15) is 122 Å². The minimum atomic E-state index is 0. The van der Waals surface area contributed by atoms with Gasteiger partial charge < -0.3 is 24.8 Å². The summed E-state index contributed by atoms with van der Waals surface area (Å²) < 4.78 is 1.76. The Morgan fingerprint density at radius 2 is 1.21 bits per heavy atom. The van der Waals surface area contributed by atoms with E-state index in [4.69, 9.17) is 0 Å². The van der Waals surface area contributed by atoms with Gasteiger partial charge in [-0.05, 0) is 58.9 Å². The third kappa shape index (κ3) is 11.1. The maximum absolute atomic E-state index is 3.93. The van der Waals surface area contributed by atoms with Crippen molar-refractivity contribution in [1.29, 1.82) is 0 Å². The summed E-state index contributed by atoms with van der Waals surface area (Å²) in [7, 11) is 0. The van der Waals surface area contributed by atoms with Gasteiger partial charge in [0, 0.05) is 0 Å². The second-order valence-corrected chi connectivity index (χ2v) is 17.8. The molecule has 0 saturated carbocycles. The van der Waals surface area contributed by atoms with Gasteiger partial charge in [-0.2, -0.15) is 6.08 Å². The molecule has 4 aromatic carbocycles. The van der Waals surface area contributed by atoms with Crippen molar-refractivity contribution in [2.75, 3.05) is 0 Å². The first-order chi connectivity index (χ1) is 23.6. The Labute approximate surface area is 345 Å². The Bertz CT molecular complexity index is 1730. The van der Waals surface area contributed by atoms with E-state index in [1.807, 2.05) is 12.2 Å². The molecule has 2 aliphatic carbocycles. The SMILES string of the molecule is CCC(C)[C](=[Zr+2])C(C)CC.Cc1ccccc1-c1[c-]c2c(cc1C(C)(C)C)-c1cc(C(C)(C)C)c(-c3ccccc3C)cc1C2.[C-]1=CC=CC1.[Cl-].[Cl-]. The molecule has 276 valence electrons. The van der Waals surface area contributed by atoms with Gasteiger partial charge in [-0.15, -0.1) is 35.2 Å². The van der Waals surface area contributed by atoms with E-state index in [1.165, 1.54) is 79.6 Å². The predicted octanol–water partition coefficient (Wildman–Crippen LogP) is 7.72. The van der Waals surface area contributed by atoms with Crippen molar-refractivity contribution in [2.45, 2.75) is 120 Å². The van der Waals surface area contributed by atoms with Gasteiger partial charge in [0.25, 0.3) is 0 Å². The van der Waals surface area contributed by atoms with Crippen molar-refractivity contribution in [2.24, 2.45) is 11.8 Å². The monoisotopic (exact) mass is 808 g/mol. The molecular weight excluding hydrogens is 751 g/mol. The maximum Gasteiger partial charge on any atom is -0.0126 e. The summed E-state index contributed by atoms with van der Waals surface area (Å²) in [6.45, 7) is 27.6. The van der Waals surface area contributed by atoms with E-state index in [0.717, 1.165) is 24.7 Å². The molecule has 0 aliphatic heterocycles. The van der Waals surface area contributed by atoms with Crippen LogP contribution in [0.2, 0.25) is 0 Å². The fourth-order valence-electron chi connectivity index (χ4n) is 6.84. The first-order valence-electron chi connectivity index (χ1n) is 18.8. The molecule has 0 amide bonds. The van der Waals surface area contributed by atoms with Crippen molar-refractivity contribution in [3.05, 3.63) is 130 Å². The van der Waals surface area contributed by atoms with E-state index in [2.05, 4.69) is 168 Å². The summed E-state index contributed by atoms with van der Waals surface area (Å²) in [4.78, 5) is 0. The van der Waals surface area contributed by atoms with Crippen LogP contribution in [0.4, 0.5) is 0 Å². The van der Waals surface area contributed by atoms with Crippen LogP contribution < -0.4 is 24.8 Å². The molecule has 0 radical (unpaired) electrons. The van der Waals surface area contributed by atoms with Gasteiger partial charge in [0.1, 0.15) is 0 Å². The Kier molecular flexibility index (Phi) is 17.5. The molecule has 6 rings (SSSR count). The average molecular weight is 811 g/mol. The summed E-state index contributed by atoms with van der Waals surface area (Å²) >= 11 is 1.65. The minimum Gasteiger partial charge on any atom is -1.00 e. The first-order valence-corrected chi connectivity index (χ1v) is 20.0. The van der Waals surface area contributed by atoms with Crippen LogP contribution in [0.3, 0.4) is 0 Å². The third-order valence-electron chi connectivity index (χ3n) is 10.4. The smallest absolute Gasteiger partial charge is 0.0126 e. The van der Waals surface area contributed by atoms with Crippen molar-refractivity contribution in [1.82, 2.24) is 0 Å². The van der Waals surface area contributed by atoms with Crippen LogP contribution in [-0.2, 0) is 41.5 Å². The largest absolute Gasteiger partial charge is 1.00 e. The third-order valence-corrected chi connectivity index (χ3v) is 12.8. The Morgan fingerprint density at radius 3 is 1.65 bits per heavy atom. The van der Waals surface area contributed by atoms with Crippen LogP contribution in [0.25, 0.3) is 33.4 Å². The second-order valence-electron chi connectivity index (χ2n) is 16.4. The van der Waals surface area contributed by atoms with E-state index in [1.54, 1.807) is 27.4 Å². The molecule has 4 aromatic rings. The standard InChI is InChI=1S/C35H37.C9H18.C5H5.2ClH.Zr/c1-22-13-9-11-15-26(22)30-18-24-17-25-19-31(27-16-12-10-14-23(27)2)33(35(6,7)8)21-29(25)28(24)20-32(30)34(3,4)5;1-5-8(3)7-9(4)6-2;1-2-4-5-3-1;;;/h9-16,18,20-21H,17H2,1-8H3;8-9H,5-6H2,1-4H3;1-3H,4H2;2*1H;/q-1;;-1;;;+2/p-2. The predicted molar refractivity (Wildman–Crippen MR) is 217 cm³/mol. The number of halogens is 2. The Morgan fingerprint density at radius 1 is 0.692 bits per heavy atom. The number of rotatable bonds is 6. The van der Waals surface area contributed by atoms with E-state index in [9.17, 15) is 0 Å². The van der Waals surface area contributed by atoms with Crippen molar-refractivity contribution in [3.63, 3.8) is 0 Å². The zero-order valence-electron chi connectivity index (χ0n) is 33.8. The molecule has 0 aromatic heterocycles. The van der Waals surface area contributed by atoms with Gasteiger partial charge >= 0.3 is 79.8 Å². The van der Waals surface area contributed by atoms with Gasteiger partial charge in [-0.25, -0.2) is 12.2 Å². The molecule has 0 saturated heterocycles. The zero-order valence-corrected chi connectivity index (χ0v) is 37.8. The van der Waals surface area contributed by atoms with Crippen LogP contribution >= 0.6 is 0 Å².